The van der Waals surface area contributed by atoms with Crippen molar-refractivity contribution in [2.45, 2.75) is 31.7 Å². The largest absolute Gasteiger partial charge is 0.419 e. The molecule has 2 aromatic carbocycles. The van der Waals surface area contributed by atoms with Gasteiger partial charge in [-0.2, -0.15) is 30.6 Å². The number of carbonyl (C=O) groups is 1. The fourth-order valence-corrected chi connectivity index (χ4v) is 5.09. The number of halogens is 8. The molecule has 1 heterocycles. The number of anilines is 1. The van der Waals surface area contributed by atoms with Gasteiger partial charge in [0.25, 0.3) is 0 Å². The standard InChI is InChI=1S/C20H16ClF7N2O3S/c21-15-5-4-12-9-30(34(32,33)10-19(23,24)25)7-6-13(12)18(15)29-16(31)8-11-2-1-3-14(17(11)22)20(26,27)28/h1-5H,6-10H2,(H,29,31). The molecule has 0 aromatic heterocycles. The second kappa shape index (κ2) is 9.34. The molecule has 0 spiro atoms. The molecule has 5 nitrogen and oxygen atoms in total. The van der Waals surface area contributed by atoms with E-state index in [1.165, 1.54) is 12.1 Å². The van der Waals surface area contributed by atoms with E-state index in [9.17, 15) is 43.9 Å². The molecule has 0 saturated carbocycles. The molecule has 0 bridgehead atoms. The van der Waals surface area contributed by atoms with E-state index >= 15 is 0 Å². The number of rotatable bonds is 5. The number of fused-ring (bicyclic) bond motifs is 1. The van der Waals surface area contributed by atoms with Crippen molar-refractivity contribution in [2.75, 3.05) is 17.6 Å². The Morgan fingerprint density at radius 1 is 1.09 bits per heavy atom. The molecule has 0 radical (unpaired) electrons. The maximum atomic E-state index is 14.2. The highest BCUT2D eigenvalue weighted by Gasteiger charge is 2.40. The summed E-state index contributed by atoms with van der Waals surface area (Å²) in [4.78, 5) is 12.5. The van der Waals surface area contributed by atoms with Crippen LogP contribution in [0.5, 0.6) is 0 Å². The average Bonchev–Trinajstić information content (AvgIpc) is 2.68. The number of nitrogens with zero attached hydrogens (tertiary/aromatic N) is 1. The molecule has 186 valence electrons. The summed E-state index contributed by atoms with van der Waals surface area (Å²) < 4.78 is 116. The molecular weight excluding hydrogens is 517 g/mol. The summed E-state index contributed by atoms with van der Waals surface area (Å²) in [5.74, 6) is -4.49. The number of hydrogen-bond acceptors (Lipinski definition) is 3. The van der Waals surface area contributed by atoms with Gasteiger partial charge in [-0.25, -0.2) is 12.8 Å². The Bertz CT molecular complexity index is 1210. The van der Waals surface area contributed by atoms with Gasteiger partial charge in [0, 0.05) is 13.1 Å². The first-order chi connectivity index (χ1) is 15.6. The molecule has 0 fully saturated rings. The van der Waals surface area contributed by atoms with Crippen molar-refractivity contribution in [2.24, 2.45) is 0 Å². The topological polar surface area (TPSA) is 66.5 Å². The van der Waals surface area contributed by atoms with Crippen molar-refractivity contribution < 1.29 is 43.9 Å². The molecule has 0 atom stereocenters. The Kier molecular flexibility index (Phi) is 7.21. The van der Waals surface area contributed by atoms with E-state index in [2.05, 4.69) is 5.32 Å². The zero-order chi connectivity index (χ0) is 25.5. The summed E-state index contributed by atoms with van der Waals surface area (Å²) in [6.45, 7) is -0.701. The number of amides is 1. The summed E-state index contributed by atoms with van der Waals surface area (Å²) in [5.41, 5.74) is -1.33. The van der Waals surface area contributed by atoms with Gasteiger partial charge in [-0.05, 0) is 35.2 Å². The smallest absolute Gasteiger partial charge is 0.324 e. The summed E-state index contributed by atoms with van der Waals surface area (Å²) in [7, 11) is -4.64. The summed E-state index contributed by atoms with van der Waals surface area (Å²) in [5, 5.41) is 2.41. The van der Waals surface area contributed by atoms with Crippen molar-refractivity contribution in [3.8, 4) is 0 Å². The lowest BCUT2D eigenvalue weighted by molar-refractivity contribution is -0.140. The predicted octanol–water partition coefficient (Wildman–Crippen LogP) is 4.93. The van der Waals surface area contributed by atoms with Crippen LogP contribution in [0.25, 0.3) is 0 Å². The molecule has 14 heteroatoms. The van der Waals surface area contributed by atoms with Crippen LogP contribution in [0.3, 0.4) is 0 Å². The van der Waals surface area contributed by atoms with Gasteiger partial charge in [-0.3, -0.25) is 4.79 Å². The lowest BCUT2D eigenvalue weighted by Gasteiger charge is -2.30. The molecule has 34 heavy (non-hydrogen) atoms. The van der Waals surface area contributed by atoms with Gasteiger partial charge in [-0.15, -0.1) is 0 Å². The summed E-state index contributed by atoms with van der Waals surface area (Å²) >= 11 is 6.12. The molecule has 1 N–H and O–H groups in total. The van der Waals surface area contributed by atoms with E-state index in [4.69, 9.17) is 11.6 Å². The third-order valence-electron chi connectivity index (χ3n) is 5.06. The Morgan fingerprint density at radius 2 is 1.76 bits per heavy atom. The first-order valence-electron chi connectivity index (χ1n) is 9.58. The van der Waals surface area contributed by atoms with Crippen LogP contribution in [-0.2, 0) is 40.4 Å². The van der Waals surface area contributed by atoms with E-state index < -0.39 is 63.9 Å². The number of benzene rings is 2. The SMILES string of the molecule is O=C(Cc1cccc(C(F)(F)F)c1F)Nc1c(Cl)ccc2c1CCN(S(=O)(=O)CC(F)(F)F)C2. The monoisotopic (exact) mass is 532 g/mol. The van der Waals surface area contributed by atoms with E-state index in [0.29, 0.717) is 21.5 Å². The molecule has 1 aliphatic heterocycles. The third-order valence-corrected chi connectivity index (χ3v) is 7.16. The highest BCUT2D eigenvalue weighted by Crippen LogP contribution is 2.35. The lowest BCUT2D eigenvalue weighted by atomic mass is 9.98. The molecule has 1 aliphatic rings. The van der Waals surface area contributed by atoms with E-state index in [1.807, 2.05) is 0 Å². The quantitative estimate of drug-likeness (QED) is 0.556. The normalized spacial score (nSPS) is 15.2. The highest BCUT2D eigenvalue weighted by molar-refractivity contribution is 7.89. The first-order valence-corrected chi connectivity index (χ1v) is 11.6. The van der Waals surface area contributed by atoms with E-state index in [0.717, 1.165) is 12.1 Å². The number of sulfonamides is 1. The van der Waals surface area contributed by atoms with Crippen molar-refractivity contribution in [3.05, 3.63) is 63.4 Å². The maximum Gasteiger partial charge on any atom is 0.419 e. The summed E-state index contributed by atoms with van der Waals surface area (Å²) in [6.07, 6.45) is -10.7. The second-order valence-electron chi connectivity index (χ2n) is 7.52. The average molecular weight is 533 g/mol. The minimum Gasteiger partial charge on any atom is -0.324 e. The van der Waals surface area contributed by atoms with Gasteiger partial charge < -0.3 is 5.32 Å². The zero-order valence-electron chi connectivity index (χ0n) is 17.0. The van der Waals surface area contributed by atoms with Crippen LogP contribution in [0.15, 0.2) is 30.3 Å². The highest BCUT2D eigenvalue weighted by atomic mass is 35.5. The molecule has 0 unspecified atom stereocenters. The Morgan fingerprint density at radius 3 is 2.38 bits per heavy atom. The third kappa shape index (κ3) is 5.99. The Labute approximate surface area is 194 Å². The Hall–Kier alpha value is -2.38. The van der Waals surface area contributed by atoms with Crippen molar-refractivity contribution in [1.82, 2.24) is 4.31 Å². The van der Waals surface area contributed by atoms with Crippen LogP contribution in [0.1, 0.15) is 22.3 Å². The molecule has 0 saturated heterocycles. The Balaban J connectivity index is 1.81. The predicted molar refractivity (Wildman–Crippen MR) is 109 cm³/mol. The first kappa shape index (κ1) is 26.2. The zero-order valence-corrected chi connectivity index (χ0v) is 18.6. The van der Waals surface area contributed by atoms with Gasteiger partial charge >= 0.3 is 12.4 Å². The van der Waals surface area contributed by atoms with E-state index in [-0.39, 0.29) is 23.7 Å². The van der Waals surface area contributed by atoms with Crippen LogP contribution in [0, 0.1) is 5.82 Å². The second-order valence-corrected chi connectivity index (χ2v) is 9.89. The minimum atomic E-state index is -4.95. The molecular formula is C20H16ClF7N2O3S. The molecule has 0 aliphatic carbocycles. The van der Waals surface area contributed by atoms with Gasteiger partial charge in [0.05, 0.1) is 22.7 Å². The number of nitrogens with one attached hydrogen (secondary N) is 1. The van der Waals surface area contributed by atoms with Gasteiger partial charge in [0.2, 0.25) is 15.9 Å². The van der Waals surface area contributed by atoms with E-state index in [1.54, 1.807) is 0 Å². The van der Waals surface area contributed by atoms with Crippen molar-refractivity contribution in [3.63, 3.8) is 0 Å². The number of hydrogen-bond donors (Lipinski definition) is 1. The van der Waals surface area contributed by atoms with Crippen LogP contribution in [0.2, 0.25) is 5.02 Å². The van der Waals surface area contributed by atoms with Gasteiger partial charge in [0.15, 0.2) is 5.75 Å². The number of carbonyl (C=O) groups excluding carboxylic acids is 1. The van der Waals surface area contributed by atoms with Crippen molar-refractivity contribution in [1.29, 1.82) is 0 Å². The summed E-state index contributed by atoms with van der Waals surface area (Å²) in [6, 6.07) is 5.22. The molecule has 1 amide bonds. The van der Waals surface area contributed by atoms with Crippen LogP contribution >= 0.6 is 11.6 Å². The molecule has 2 aromatic rings. The van der Waals surface area contributed by atoms with Gasteiger partial charge in [-0.1, -0.05) is 29.8 Å². The van der Waals surface area contributed by atoms with Crippen LogP contribution in [0.4, 0.5) is 36.4 Å². The lowest BCUT2D eigenvalue weighted by Crippen LogP contribution is -2.41. The maximum absolute atomic E-state index is 14.2. The minimum absolute atomic E-state index is 0.0169. The molecule has 3 rings (SSSR count). The van der Waals surface area contributed by atoms with Gasteiger partial charge in [0.1, 0.15) is 5.82 Å². The fourth-order valence-electron chi connectivity index (χ4n) is 3.56. The van der Waals surface area contributed by atoms with Crippen LogP contribution in [-0.4, -0.2) is 37.1 Å². The van der Waals surface area contributed by atoms with Crippen LogP contribution < -0.4 is 5.32 Å². The number of alkyl halides is 6. The van der Waals surface area contributed by atoms with Crippen molar-refractivity contribution >= 4 is 33.2 Å². The fraction of sp³-hybridized carbons (Fsp3) is 0.350.